The highest BCUT2D eigenvalue weighted by Crippen LogP contribution is 2.26. The quantitative estimate of drug-likeness (QED) is 0.623. The first-order valence-electron chi connectivity index (χ1n) is 8.73. The molecular weight excluding hydrogens is 248 g/mol. The lowest BCUT2D eigenvalue weighted by atomic mass is 9.84. The van der Waals surface area contributed by atoms with Crippen molar-refractivity contribution in [3.05, 3.63) is 0 Å². The molecule has 1 rings (SSSR count). The van der Waals surface area contributed by atoms with Crippen molar-refractivity contribution in [1.82, 2.24) is 4.90 Å². The van der Waals surface area contributed by atoms with Crippen molar-refractivity contribution in [2.45, 2.75) is 83.7 Å². The summed E-state index contributed by atoms with van der Waals surface area (Å²) in [5.74, 6) is 0. The molecule has 0 aromatic rings. The van der Waals surface area contributed by atoms with Gasteiger partial charge in [0.25, 0.3) is 0 Å². The highest BCUT2D eigenvalue weighted by atomic mass is 16.5. The summed E-state index contributed by atoms with van der Waals surface area (Å²) in [6.07, 6.45) is 10.4. The van der Waals surface area contributed by atoms with E-state index in [4.69, 9.17) is 10.5 Å². The molecule has 0 aromatic carbocycles. The lowest BCUT2D eigenvalue weighted by molar-refractivity contribution is -0.0285. The predicted molar refractivity (Wildman–Crippen MR) is 87.1 cm³/mol. The van der Waals surface area contributed by atoms with E-state index < -0.39 is 0 Å². The van der Waals surface area contributed by atoms with Gasteiger partial charge in [-0.15, -0.1) is 0 Å². The number of hydrogen-bond donors (Lipinski definition) is 1. The largest absolute Gasteiger partial charge is 0.379 e. The summed E-state index contributed by atoms with van der Waals surface area (Å²) in [4.78, 5) is 2.55. The van der Waals surface area contributed by atoms with Crippen LogP contribution in [0.5, 0.6) is 0 Å². The zero-order chi connectivity index (χ0) is 14.8. The van der Waals surface area contributed by atoms with Gasteiger partial charge in [0.15, 0.2) is 0 Å². The van der Waals surface area contributed by atoms with Crippen molar-refractivity contribution in [2.75, 3.05) is 26.3 Å². The molecule has 2 unspecified atom stereocenters. The van der Waals surface area contributed by atoms with Crippen LogP contribution in [0.15, 0.2) is 0 Å². The van der Waals surface area contributed by atoms with Crippen LogP contribution in [0, 0.1) is 0 Å². The van der Waals surface area contributed by atoms with Gasteiger partial charge in [-0.3, -0.25) is 4.90 Å². The first-order chi connectivity index (χ1) is 9.65. The van der Waals surface area contributed by atoms with Crippen LogP contribution in [0.25, 0.3) is 0 Å². The molecule has 20 heavy (non-hydrogen) atoms. The van der Waals surface area contributed by atoms with Crippen molar-refractivity contribution in [3.8, 4) is 0 Å². The molecule has 2 atom stereocenters. The Labute approximate surface area is 126 Å². The zero-order valence-electron chi connectivity index (χ0n) is 14.0. The number of ether oxygens (including phenoxy) is 1. The van der Waals surface area contributed by atoms with Gasteiger partial charge in [0.2, 0.25) is 0 Å². The number of morpholine rings is 1. The van der Waals surface area contributed by atoms with E-state index in [1.807, 2.05) is 0 Å². The van der Waals surface area contributed by atoms with E-state index in [2.05, 4.69) is 25.7 Å². The lowest BCUT2D eigenvalue weighted by Crippen LogP contribution is -2.60. The first-order valence-corrected chi connectivity index (χ1v) is 8.73. The maximum Gasteiger partial charge on any atom is 0.0594 e. The lowest BCUT2D eigenvalue weighted by Gasteiger charge is -2.46. The number of hydrogen-bond acceptors (Lipinski definition) is 3. The molecule has 0 amide bonds. The second-order valence-corrected chi connectivity index (χ2v) is 6.47. The molecule has 1 aliphatic heterocycles. The Balaban J connectivity index is 2.31. The van der Waals surface area contributed by atoms with Gasteiger partial charge >= 0.3 is 0 Å². The average molecular weight is 284 g/mol. The van der Waals surface area contributed by atoms with Gasteiger partial charge in [0.1, 0.15) is 0 Å². The first kappa shape index (κ1) is 17.9. The number of unbranched alkanes of at least 4 members (excludes halogenated alkanes) is 5. The van der Waals surface area contributed by atoms with Gasteiger partial charge < -0.3 is 10.5 Å². The van der Waals surface area contributed by atoms with Gasteiger partial charge in [0.05, 0.1) is 13.2 Å². The number of rotatable bonds is 10. The maximum absolute atomic E-state index is 6.55. The van der Waals surface area contributed by atoms with Crippen molar-refractivity contribution in [3.63, 3.8) is 0 Å². The fraction of sp³-hybridized carbons (Fsp3) is 1.00. The fourth-order valence-corrected chi connectivity index (χ4v) is 3.25. The normalized spacial score (nSPS) is 21.6. The van der Waals surface area contributed by atoms with Crippen LogP contribution in [0.4, 0.5) is 0 Å². The Hall–Kier alpha value is -0.120. The second kappa shape index (κ2) is 9.75. The fourth-order valence-electron chi connectivity index (χ4n) is 3.25. The van der Waals surface area contributed by atoms with Gasteiger partial charge in [0, 0.05) is 24.7 Å². The van der Waals surface area contributed by atoms with Crippen LogP contribution in [0.3, 0.4) is 0 Å². The Morgan fingerprint density at radius 1 is 1.05 bits per heavy atom. The highest BCUT2D eigenvalue weighted by molar-refractivity contribution is 4.95. The van der Waals surface area contributed by atoms with Crippen LogP contribution in [-0.4, -0.2) is 42.8 Å². The molecule has 1 heterocycles. The van der Waals surface area contributed by atoms with Crippen molar-refractivity contribution in [1.29, 1.82) is 0 Å². The summed E-state index contributed by atoms with van der Waals surface area (Å²) in [6.45, 7) is 10.7. The molecule has 0 bridgehead atoms. The van der Waals surface area contributed by atoms with Gasteiger partial charge in [-0.1, -0.05) is 52.4 Å². The van der Waals surface area contributed by atoms with Gasteiger partial charge in [-0.2, -0.15) is 0 Å². The van der Waals surface area contributed by atoms with E-state index in [-0.39, 0.29) is 11.6 Å². The monoisotopic (exact) mass is 284 g/mol. The summed E-state index contributed by atoms with van der Waals surface area (Å²) < 4.78 is 5.47. The molecule has 0 saturated carbocycles. The highest BCUT2D eigenvalue weighted by Gasteiger charge is 2.36. The smallest absolute Gasteiger partial charge is 0.0594 e. The van der Waals surface area contributed by atoms with E-state index in [1.54, 1.807) is 0 Å². The molecule has 0 aromatic heterocycles. The molecule has 120 valence electrons. The molecule has 1 aliphatic rings. The van der Waals surface area contributed by atoms with Crippen molar-refractivity contribution in [2.24, 2.45) is 5.73 Å². The van der Waals surface area contributed by atoms with Crippen molar-refractivity contribution >= 4 is 0 Å². The summed E-state index contributed by atoms with van der Waals surface area (Å²) in [6, 6.07) is 0.289. The summed E-state index contributed by atoms with van der Waals surface area (Å²) >= 11 is 0. The molecular formula is C17H36N2O. The SMILES string of the molecule is CCCCCCCCC(N)C(C)(CC)N1CCOCC1. The van der Waals surface area contributed by atoms with E-state index in [0.717, 1.165) is 39.1 Å². The molecule has 3 heteroatoms. The number of nitrogens with two attached hydrogens (primary N) is 1. The predicted octanol–water partition coefficient (Wildman–Crippen LogP) is 3.57. The van der Waals surface area contributed by atoms with Crippen LogP contribution < -0.4 is 5.73 Å². The van der Waals surface area contributed by atoms with E-state index in [1.165, 1.54) is 38.5 Å². The maximum atomic E-state index is 6.55. The molecule has 1 fully saturated rings. The Kier molecular flexibility index (Phi) is 8.74. The average Bonchev–Trinajstić information content (AvgIpc) is 2.50. The third-order valence-corrected chi connectivity index (χ3v) is 5.12. The minimum absolute atomic E-state index is 0.146. The number of nitrogens with zero attached hydrogens (tertiary/aromatic N) is 1. The van der Waals surface area contributed by atoms with Crippen molar-refractivity contribution < 1.29 is 4.74 Å². The van der Waals surface area contributed by atoms with Crippen LogP contribution in [0.1, 0.15) is 72.1 Å². The zero-order valence-corrected chi connectivity index (χ0v) is 14.0. The molecule has 1 saturated heterocycles. The Morgan fingerprint density at radius 2 is 1.65 bits per heavy atom. The van der Waals surface area contributed by atoms with Crippen LogP contribution >= 0.6 is 0 Å². The van der Waals surface area contributed by atoms with E-state index >= 15 is 0 Å². The Bertz CT molecular complexity index is 241. The van der Waals surface area contributed by atoms with Gasteiger partial charge in [-0.05, 0) is 19.8 Å². The molecule has 0 radical (unpaired) electrons. The molecule has 2 N–H and O–H groups in total. The van der Waals surface area contributed by atoms with Crippen LogP contribution in [0.2, 0.25) is 0 Å². The Morgan fingerprint density at radius 3 is 2.25 bits per heavy atom. The second-order valence-electron chi connectivity index (χ2n) is 6.47. The molecule has 0 aliphatic carbocycles. The topological polar surface area (TPSA) is 38.5 Å². The molecule has 0 spiro atoms. The molecule has 3 nitrogen and oxygen atoms in total. The van der Waals surface area contributed by atoms with E-state index in [9.17, 15) is 0 Å². The summed E-state index contributed by atoms with van der Waals surface area (Å²) in [5, 5.41) is 0. The standard InChI is InChI=1S/C17H36N2O/c1-4-6-7-8-9-10-11-16(18)17(3,5-2)19-12-14-20-15-13-19/h16H,4-15,18H2,1-3H3. The van der Waals surface area contributed by atoms with Crippen LogP contribution in [-0.2, 0) is 4.74 Å². The minimum atomic E-state index is 0.146. The summed E-state index contributed by atoms with van der Waals surface area (Å²) in [5.41, 5.74) is 6.70. The van der Waals surface area contributed by atoms with E-state index in [0.29, 0.717) is 0 Å². The minimum Gasteiger partial charge on any atom is -0.379 e. The van der Waals surface area contributed by atoms with Gasteiger partial charge in [-0.25, -0.2) is 0 Å². The third-order valence-electron chi connectivity index (χ3n) is 5.12. The summed E-state index contributed by atoms with van der Waals surface area (Å²) in [7, 11) is 0. The third kappa shape index (κ3) is 5.34.